The molecular weight excluding hydrogens is 388 g/mol. The lowest BCUT2D eigenvalue weighted by Crippen LogP contribution is -3.12. The molecule has 0 atom stereocenters. The Hall–Kier alpha value is -0.870. The van der Waals surface area contributed by atoms with E-state index in [1.165, 1.54) is 49.0 Å². The smallest absolute Gasteiger partial charge is 0.279 e. The second-order valence-corrected chi connectivity index (χ2v) is 9.93. The van der Waals surface area contributed by atoms with E-state index in [2.05, 4.69) is 53.3 Å². The number of carbonyl (C=O) groups excluding carboxylic acids is 1. The van der Waals surface area contributed by atoms with Gasteiger partial charge in [-0.2, -0.15) is 0 Å². The Morgan fingerprint density at radius 1 is 1.12 bits per heavy atom. The quantitative estimate of drug-likeness (QED) is 0.722. The Morgan fingerprint density at radius 3 is 2.23 bits per heavy atom. The Bertz CT molecular complexity index is 647. The first-order chi connectivity index (χ1) is 12.5. The number of carbonyl (C=O) groups is 1. The highest BCUT2D eigenvalue weighted by Crippen LogP contribution is 2.60. The van der Waals surface area contributed by atoms with Crippen LogP contribution in [-0.2, 0) is 10.2 Å². The summed E-state index contributed by atoms with van der Waals surface area (Å²) < 4.78 is 0.994. The zero-order chi connectivity index (χ0) is 18.3. The third-order valence-electron chi connectivity index (χ3n) is 7.30. The number of amides is 1. The summed E-state index contributed by atoms with van der Waals surface area (Å²) in [4.78, 5) is 13.8. The molecule has 0 heterocycles. The molecule has 142 valence electrons. The molecule has 4 heteroatoms. The van der Waals surface area contributed by atoms with Crippen molar-refractivity contribution in [3.05, 3.63) is 28.2 Å². The molecule has 5 rings (SSSR count). The highest BCUT2D eigenvalue weighted by Gasteiger charge is 2.51. The van der Waals surface area contributed by atoms with Crippen molar-refractivity contribution in [2.24, 2.45) is 17.8 Å². The SMILES string of the molecule is CC[NH+](CC)CC(=O)Nc1cc(C23CC4CC(CC(C4)C2)C3)ccc1Br. The van der Waals surface area contributed by atoms with Gasteiger partial charge in [0.05, 0.1) is 18.8 Å². The van der Waals surface area contributed by atoms with Gasteiger partial charge in [0.2, 0.25) is 0 Å². The molecule has 26 heavy (non-hydrogen) atoms. The maximum Gasteiger partial charge on any atom is 0.279 e. The summed E-state index contributed by atoms with van der Waals surface area (Å²) in [6.07, 6.45) is 8.47. The zero-order valence-corrected chi connectivity index (χ0v) is 17.7. The topological polar surface area (TPSA) is 33.5 Å². The average molecular weight is 420 g/mol. The minimum atomic E-state index is 0.118. The van der Waals surface area contributed by atoms with Crippen LogP contribution in [0.25, 0.3) is 0 Å². The fourth-order valence-corrected chi connectivity index (χ4v) is 6.68. The third kappa shape index (κ3) is 3.47. The van der Waals surface area contributed by atoms with Crippen LogP contribution in [0, 0.1) is 17.8 Å². The van der Waals surface area contributed by atoms with Gasteiger partial charge in [-0.25, -0.2) is 0 Å². The molecular formula is C22H32BrN2O+. The molecule has 3 nitrogen and oxygen atoms in total. The van der Waals surface area contributed by atoms with Crippen LogP contribution in [-0.4, -0.2) is 25.5 Å². The van der Waals surface area contributed by atoms with E-state index in [1.807, 2.05) is 0 Å². The molecule has 4 aliphatic carbocycles. The lowest BCUT2D eigenvalue weighted by Gasteiger charge is -2.57. The Morgan fingerprint density at radius 2 is 1.69 bits per heavy atom. The van der Waals surface area contributed by atoms with E-state index < -0.39 is 0 Å². The largest absolute Gasteiger partial charge is 0.328 e. The lowest BCUT2D eigenvalue weighted by molar-refractivity contribution is -0.888. The summed E-state index contributed by atoms with van der Waals surface area (Å²) in [5.74, 6) is 2.93. The molecule has 0 aliphatic heterocycles. The van der Waals surface area contributed by atoms with E-state index in [-0.39, 0.29) is 5.91 Å². The third-order valence-corrected chi connectivity index (χ3v) is 7.99. The van der Waals surface area contributed by atoms with Crippen molar-refractivity contribution in [3.63, 3.8) is 0 Å². The molecule has 0 unspecified atom stereocenters. The molecule has 0 radical (unpaired) electrons. The van der Waals surface area contributed by atoms with E-state index in [4.69, 9.17) is 0 Å². The van der Waals surface area contributed by atoms with Crippen molar-refractivity contribution in [1.29, 1.82) is 0 Å². The van der Waals surface area contributed by atoms with Gasteiger partial charge in [-0.05, 0) is 109 Å². The highest BCUT2D eigenvalue weighted by atomic mass is 79.9. The van der Waals surface area contributed by atoms with Crippen molar-refractivity contribution >= 4 is 27.5 Å². The first-order valence-electron chi connectivity index (χ1n) is 10.4. The van der Waals surface area contributed by atoms with Gasteiger partial charge in [0.1, 0.15) is 0 Å². The Kier molecular flexibility index (Phi) is 5.17. The molecule has 1 amide bonds. The fraction of sp³-hybridized carbons (Fsp3) is 0.682. The van der Waals surface area contributed by atoms with Gasteiger partial charge >= 0.3 is 0 Å². The molecule has 0 saturated heterocycles. The minimum Gasteiger partial charge on any atom is -0.328 e. The first kappa shape index (κ1) is 18.5. The van der Waals surface area contributed by atoms with Crippen LogP contribution in [0.1, 0.15) is 57.9 Å². The van der Waals surface area contributed by atoms with Crippen molar-refractivity contribution in [2.45, 2.75) is 57.8 Å². The summed E-state index contributed by atoms with van der Waals surface area (Å²) in [5.41, 5.74) is 2.79. The second-order valence-electron chi connectivity index (χ2n) is 9.07. The number of anilines is 1. The van der Waals surface area contributed by atoms with E-state index in [0.717, 1.165) is 41.0 Å². The van der Waals surface area contributed by atoms with Crippen molar-refractivity contribution < 1.29 is 9.69 Å². The highest BCUT2D eigenvalue weighted by molar-refractivity contribution is 9.10. The van der Waals surface area contributed by atoms with Gasteiger partial charge < -0.3 is 10.2 Å². The van der Waals surface area contributed by atoms with Crippen LogP contribution >= 0.6 is 15.9 Å². The van der Waals surface area contributed by atoms with Crippen LogP contribution in [0.15, 0.2) is 22.7 Å². The summed E-state index contributed by atoms with van der Waals surface area (Å²) in [6, 6.07) is 6.73. The molecule has 0 spiro atoms. The number of likely N-dealkylation sites (N-methyl/N-ethyl adjacent to an activating group) is 1. The number of nitrogens with one attached hydrogen (secondary N) is 2. The van der Waals surface area contributed by atoms with Crippen molar-refractivity contribution in [1.82, 2.24) is 0 Å². The van der Waals surface area contributed by atoms with Gasteiger partial charge in [-0.15, -0.1) is 0 Å². The number of quaternary nitrogens is 1. The summed E-state index contributed by atoms with van der Waals surface area (Å²) in [5, 5.41) is 3.18. The molecule has 2 N–H and O–H groups in total. The average Bonchev–Trinajstić information content (AvgIpc) is 2.60. The van der Waals surface area contributed by atoms with Crippen molar-refractivity contribution in [2.75, 3.05) is 25.0 Å². The first-order valence-corrected chi connectivity index (χ1v) is 11.2. The van der Waals surface area contributed by atoms with Crippen LogP contribution in [0.3, 0.4) is 0 Å². The van der Waals surface area contributed by atoms with Gasteiger partial charge in [-0.1, -0.05) is 6.07 Å². The normalized spacial score (nSPS) is 32.2. The number of rotatable bonds is 6. The van der Waals surface area contributed by atoms with Gasteiger partial charge in [0.25, 0.3) is 5.91 Å². The molecule has 4 fully saturated rings. The van der Waals surface area contributed by atoms with Crippen LogP contribution in [0.4, 0.5) is 5.69 Å². The summed E-state index contributed by atoms with van der Waals surface area (Å²) >= 11 is 3.65. The zero-order valence-electron chi connectivity index (χ0n) is 16.1. The van der Waals surface area contributed by atoms with Crippen LogP contribution < -0.4 is 10.2 Å². The van der Waals surface area contributed by atoms with E-state index >= 15 is 0 Å². The van der Waals surface area contributed by atoms with E-state index in [1.54, 1.807) is 0 Å². The molecule has 1 aromatic rings. The molecule has 4 bridgehead atoms. The molecule has 1 aromatic carbocycles. The number of benzene rings is 1. The lowest BCUT2D eigenvalue weighted by atomic mass is 9.48. The summed E-state index contributed by atoms with van der Waals surface area (Å²) in [6.45, 7) is 6.78. The maximum atomic E-state index is 12.5. The molecule has 4 saturated carbocycles. The van der Waals surface area contributed by atoms with E-state index in [9.17, 15) is 4.79 Å². The second kappa shape index (κ2) is 7.27. The standard InChI is InChI=1S/C22H31BrN2O/c1-3-25(4-2)14-21(26)24-20-10-18(5-6-19(20)23)22-11-15-7-16(12-22)9-17(8-15)13-22/h5-6,10,15-17H,3-4,7-9,11-14H2,1-2H3,(H,24,26)/p+1. The molecule has 0 aromatic heterocycles. The van der Waals surface area contributed by atoms with Crippen LogP contribution in [0.2, 0.25) is 0 Å². The maximum absolute atomic E-state index is 12.5. The van der Waals surface area contributed by atoms with Gasteiger partial charge in [0.15, 0.2) is 6.54 Å². The Balaban J connectivity index is 1.54. The molecule has 4 aliphatic rings. The monoisotopic (exact) mass is 419 g/mol. The Labute approximate surface area is 166 Å². The number of halogens is 1. The number of hydrogen-bond donors (Lipinski definition) is 2. The van der Waals surface area contributed by atoms with Crippen molar-refractivity contribution in [3.8, 4) is 0 Å². The summed E-state index contributed by atoms with van der Waals surface area (Å²) in [7, 11) is 0. The van der Waals surface area contributed by atoms with Gasteiger partial charge in [-0.3, -0.25) is 4.79 Å². The minimum absolute atomic E-state index is 0.118. The number of hydrogen-bond acceptors (Lipinski definition) is 1. The van der Waals surface area contributed by atoms with Crippen LogP contribution in [0.5, 0.6) is 0 Å². The predicted octanol–water partition coefficient (Wildman–Crippen LogP) is 3.78. The van der Waals surface area contributed by atoms with E-state index in [0.29, 0.717) is 12.0 Å². The fourth-order valence-electron chi connectivity index (χ4n) is 6.34. The predicted molar refractivity (Wildman–Crippen MR) is 110 cm³/mol. The van der Waals surface area contributed by atoms with Gasteiger partial charge in [0, 0.05) is 4.47 Å².